The molecule has 0 amide bonds. The van der Waals surface area contributed by atoms with E-state index in [1.165, 1.54) is 0 Å². The van der Waals surface area contributed by atoms with Crippen LogP contribution in [-0.2, 0) is 7.05 Å². The van der Waals surface area contributed by atoms with E-state index in [4.69, 9.17) is 0 Å². The Labute approximate surface area is 110 Å². The summed E-state index contributed by atoms with van der Waals surface area (Å²) in [5.41, 5.74) is 2.20. The van der Waals surface area contributed by atoms with Gasteiger partial charge in [0.05, 0.1) is 11.0 Å². The third-order valence-electron chi connectivity index (χ3n) is 2.84. The Morgan fingerprint density at radius 2 is 2.06 bits per heavy atom. The number of imidazole rings is 1. The Balaban J connectivity index is 2.21. The highest BCUT2D eigenvalue weighted by atomic mass is 79.9. The summed E-state index contributed by atoms with van der Waals surface area (Å²) in [6.45, 7) is 4.34. The van der Waals surface area contributed by atoms with Crippen molar-refractivity contribution in [2.45, 2.75) is 31.1 Å². The molecule has 2 rings (SSSR count). The molecule has 0 saturated heterocycles. The number of benzene rings is 1. The molecule has 92 valence electrons. The average molecular weight is 296 g/mol. The molecule has 0 radical (unpaired) electrons. The third-order valence-corrected chi connectivity index (χ3v) is 3.21. The Bertz CT molecular complexity index is 504. The van der Waals surface area contributed by atoms with Crippen molar-refractivity contribution in [3.8, 4) is 0 Å². The second-order valence-electron chi connectivity index (χ2n) is 4.54. The minimum Gasteiger partial charge on any atom is -0.353 e. The van der Waals surface area contributed by atoms with Gasteiger partial charge in [0.25, 0.3) is 0 Å². The Hall–Kier alpha value is -1.03. The molecular formula is C13H18BrN3. The molecule has 2 aromatic rings. The van der Waals surface area contributed by atoms with Crippen molar-refractivity contribution in [1.29, 1.82) is 0 Å². The van der Waals surface area contributed by atoms with Gasteiger partial charge < -0.3 is 9.88 Å². The number of aromatic nitrogens is 2. The SMILES string of the molecule is CC(Br)CC(C)Nc1nc2ccccc2n1C. The number of hydrogen-bond donors (Lipinski definition) is 1. The highest BCUT2D eigenvalue weighted by Crippen LogP contribution is 2.19. The molecule has 4 heteroatoms. The lowest BCUT2D eigenvalue weighted by atomic mass is 10.2. The Kier molecular flexibility index (Phi) is 3.72. The van der Waals surface area contributed by atoms with Crippen LogP contribution < -0.4 is 5.32 Å². The maximum Gasteiger partial charge on any atom is 0.203 e. The van der Waals surface area contributed by atoms with Crippen molar-refractivity contribution in [1.82, 2.24) is 9.55 Å². The minimum absolute atomic E-state index is 0.403. The van der Waals surface area contributed by atoms with Gasteiger partial charge in [-0.2, -0.15) is 0 Å². The van der Waals surface area contributed by atoms with Crippen molar-refractivity contribution in [2.24, 2.45) is 7.05 Å². The molecule has 1 N–H and O–H groups in total. The van der Waals surface area contributed by atoms with Crippen LogP contribution >= 0.6 is 15.9 Å². The fourth-order valence-electron chi connectivity index (χ4n) is 2.04. The van der Waals surface area contributed by atoms with Crippen molar-refractivity contribution in [2.75, 3.05) is 5.32 Å². The zero-order valence-electron chi connectivity index (χ0n) is 10.4. The molecule has 0 spiro atoms. The number of rotatable bonds is 4. The van der Waals surface area contributed by atoms with Gasteiger partial charge in [0, 0.05) is 17.9 Å². The lowest BCUT2D eigenvalue weighted by Crippen LogP contribution is -2.20. The standard InChI is InChI=1S/C13H18BrN3/c1-9(14)8-10(2)15-13-16-11-6-4-5-7-12(11)17(13)3/h4-7,9-10H,8H2,1-3H3,(H,15,16). The molecule has 0 aliphatic carbocycles. The van der Waals surface area contributed by atoms with Crippen LogP contribution in [0.1, 0.15) is 20.3 Å². The first-order chi connectivity index (χ1) is 8.08. The first-order valence-electron chi connectivity index (χ1n) is 5.90. The number of halogens is 1. The van der Waals surface area contributed by atoms with E-state index < -0.39 is 0 Å². The predicted molar refractivity (Wildman–Crippen MR) is 76.8 cm³/mol. The maximum absolute atomic E-state index is 4.60. The molecule has 0 bridgehead atoms. The highest BCUT2D eigenvalue weighted by molar-refractivity contribution is 9.09. The minimum atomic E-state index is 0.403. The van der Waals surface area contributed by atoms with Gasteiger partial charge in [-0.15, -0.1) is 0 Å². The summed E-state index contributed by atoms with van der Waals surface area (Å²) >= 11 is 3.57. The lowest BCUT2D eigenvalue weighted by molar-refractivity contribution is 0.695. The maximum atomic E-state index is 4.60. The van der Waals surface area contributed by atoms with Crippen LogP contribution in [0.2, 0.25) is 0 Å². The van der Waals surface area contributed by atoms with Gasteiger partial charge in [-0.1, -0.05) is 35.0 Å². The van der Waals surface area contributed by atoms with E-state index in [0.29, 0.717) is 10.9 Å². The van der Waals surface area contributed by atoms with Gasteiger partial charge in [0.15, 0.2) is 0 Å². The van der Waals surface area contributed by atoms with Crippen LogP contribution in [0.4, 0.5) is 5.95 Å². The van der Waals surface area contributed by atoms with Crippen LogP contribution in [0.5, 0.6) is 0 Å². The lowest BCUT2D eigenvalue weighted by Gasteiger charge is -2.15. The van der Waals surface area contributed by atoms with Gasteiger partial charge in [0.1, 0.15) is 0 Å². The molecule has 0 saturated carbocycles. The zero-order valence-corrected chi connectivity index (χ0v) is 12.0. The van der Waals surface area contributed by atoms with Crippen LogP contribution in [-0.4, -0.2) is 20.4 Å². The Morgan fingerprint density at radius 1 is 1.35 bits per heavy atom. The first-order valence-corrected chi connectivity index (χ1v) is 6.81. The van der Waals surface area contributed by atoms with E-state index in [9.17, 15) is 0 Å². The number of alkyl halides is 1. The molecule has 0 aliphatic heterocycles. The van der Waals surface area contributed by atoms with Crippen molar-refractivity contribution >= 4 is 32.9 Å². The summed E-state index contributed by atoms with van der Waals surface area (Å²) in [6.07, 6.45) is 1.07. The highest BCUT2D eigenvalue weighted by Gasteiger charge is 2.11. The summed E-state index contributed by atoms with van der Waals surface area (Å²) in [6, 6.07) is 8.59. The van der Waals surface area contributed by atoms with Crippen LogP contribution in [0, 0.1) is 0 Å². The van der Waals surface area contributed by atoms with Crippen molar-refractivity contribution in [3.63, 3.8) is 0 Å². The van der Waals surface area contributed by atoms with Crippen LogP contribution in [0.25, 0.3) is 11.0 Å². The van der Waals surface area contributed by atoms with Gasteiger partial charge in [0.2, 0.25) is 5.95 Å². The molecule has 3 nitrogen and oxygen atoms in total. The number of anilines is 1. The molecule has 0 aliphatic rings. The number of nitrogens with one attached hydrogen (secondary N) is 1. The van der Waals surface area contributed by atoms with Gasteiger partial charge in [-0.25, -0.2) is 4.98 Å². The summed E-state index contributed by atoms with van der Waals surface area (Å²) in [5.74, 6) is 0.937. The van der Waals surface area contributed by atoms with E-state index in [-0.39, 0.29) is 0 Å². The quantitative estimate of drug-likeness (QED) is 0.874. The Morgan fingerprint density at radius 3 is 2.71 bits per heavy atom. The largest absolute Gasteiger partial charge is 0.353 e. The summed E-state index contributed by atoms with van der Waals surface area (Å²) in [7, 11) is 2.04. The molecule has 1 heterocycles. The van der Waals surface area contributed by atoms with E-state index in [1.807, 2.05) is 25.2 Å². The van der Waals surface area contributed by atoms with Crippen LogP contribution in [0.15, 0.2) is 24.3 Å². The van der Waals surface area contributed by atoms with Crippen LogP contribution in [0.3, 0.4) is 0 Å². The number of hydrogen-bond acceptors (Lipinski definition) is 2. The number of nitrogens with zero attached hydrogens (tertiary/aromatic N) is 2. The topological polar surface area (TPSA) is 29.9 Å². The predicted octanol–water partition coefficient (Wildman–Crippen LogP) is 3.55. The smallest absolute Gasteiger partial charge is 0.203 e. The second-order valence-corrected chi connectivity index (χ2v) is 6.11. The molecule has 0 fully saturated rings. The van der Waals surface area contributed by atoms with Crippen molar-refractivity contribution in [3.05, 3.63) is 24.3 Å². The monoisotopic (exact) mass is 295 g/mol. The summed E-state index contributed by atoms with van der Waals surface area (Å²) in [5, 5.41) is 3.45. The van der Waals surface area contributed by atoms with Gasteiger partial charge in [-0.3, -0.25) is 0 Å². The molecule has 1 aromatic carbocycles. The summed E-state index contributed by atoms with van der Waals surface area (Å²) < 4.78 is 2.10. The fourth-order valence-corrected chi connectivity index (χ4v) is 2.60. The number of fused-ring (bicyclic) bond motifs is 1. The van der Waals surface area contributed by atoms with Crippen molar-refractivity contribution < 1.29 is 0 Å². The normalized spacial score (nSPS) is 14.8. The second kappa shape index (κ2) is 5.08. The molecular weight excluding hydrogens is 278 g/mol. The van der Waals surface area contributed by atoms with E-state index in [1.54, 1.807) is 0 Å². The summed E-state index contributed by atoms with van der Waals surface area (Å²) in [4.78, 5) is 5.11. The van der Waals surface area contributed by atoms with Gasteiger partial charge in [-0.05, 0) is 25.5 Å². The number of aryl methyl sites for hydroxylation is 1. The van der Waals surface area contributed by atoms with E-state index in [0.717, 1.165) is 23.4 Å². The van der Waals surface area contributed by atoms with E-state index in [2.05, 4.69) is 50.7 Å². The molecule has 2 atom stereocenters. The molecule has 17 heavy (non-hydrogen) atoms. The molecule has 2 unspecified atom stereocenters. The molecule has 1 aromatic heterocycles. The first kappa shape index (κ1) is 12.4. The van der Waals surface area contributed by atoms with Gasteiger partial charge >= 0.3 is 0 Å². The average Bonchev–Trinajstić information content (AvgIpc) is 2.55. The third kappa shape index (κ3) is 2.80. The fraction of sp³-hybridized carbons (Fsp3) is 0.462. The zero-order chi connectivity index (χ0) is 12.4. The number of para-hydroxylation sites is 2. The van der Waals surface area contributed by atoms with E-state index >= 15 is 0 Å².